The van der Waals surface area contributed by atoms with Crippen LogP contribution in [0.3, 0.4) is 0 Å². The number of aliphatic carboxylic acids is 1. The fourth-order valence-corrected chi connectivity index (χ4v) is 4.87. The van der Waals surface area contributed by atoms with Crippen molar-refractivity contribution in [1.82, 2.24) is 10.2 Å². The largest absolute Gasteiger partial charge is 0.480 e. The van der Waals surface area contributed by atoms with Gasteiger partial charge in [-0.25, -0.2) is 9.59 Å². The number of carbonyl (C=O) groups excluding carboxylic acids is 2. The molecule has 0 bridgehead atoms. The highest BCUT2D eigenvalue weighted by Gasteiger charge is 2.35. The van der Waals surface area contributed by atoms with Gasteiger partial charge >= 0.3 is 12.1 Å². The van der Waals surface area contributed by atoms with Crippen molar-refractivity contribution in [2.45, 2.75) is 51.1 Å². The van der Waals surface area contributed by atoms with Crippen molar-refractivity contribution in [1.29, 1.82) is 0 Å². The Balaban J connectivity index is 1.38. The number of hydrogen-bond donors (Lipinski definition) is 2. The van der Waals surface area contributed by atoms with Crippen LogP contribution in [0.5, 0.6) is 0 Å². The van der Waals surface area contributed by atoms with E-state index in [-0.39, 0.29) is 30.8 Å². The third kappa shape index (κ3) is 4.72. The summed E-state index contributed by atoms with van der Waals surface area (Å²) in [4.78, 5) is 38.3. The highest BCUT2D eigenvalue weighted by Crippen LogP contribution is 2.44. The Hall–Kier alpha value is -3.35. The molecule has 1 saturated heterocycles. The highest BCUT2D eigenvalue weighted by atomic mass is 16.5. The molecule has 1 aliphatic heterocycles. The molecule has 2 amide bonds. The summed E-state index contributed by atoms with van der Waals surface area (Å²) in [5.41, 5.74) is 4.59. The van der Waals surface area contributed by atoms with Gasteiger partial charge < -0.3 is 20.1 Å². The average molecular weight is 451 g/mol. The number of carbonyl (C=O) groups is 3. The molecule has 0 spiro atoms. The Kier molecular flexibility index (Phi) is 6.67. The maximum Gasteiger partial charge on any atom is 0.407 e. The summed E-state index contributed by atoms with van der Waals surface area (Å²) in [7, 11) is 0. The molecule has 33 heavy (non-hydrogen) atoms. The molecule has 1 fully saturated rings. The first-order valence-electron chi connectivity index (χ1n) is 11.5. The minimum absolute atomic E-state index is 0.0136. The van der Waals surface area contributed by atoms with Gasteiger partial charge in [-0.3, -0.25) is 4.79 Å². The van der Waals surface area contributed by atoms with Crippen LogP contribution < -0.4 is 5.32 Å². The van der Waals surface area contributed by atoms with E-state index in [1.807, 2.05) is 38.1 Å². The first kappa shape index (κ1) is 22.8. The van der Waals surface area contributed by atoms with E-state index in [9.17, 15) is 19.5 Å². The fraction of sp³-hybridized carbons (Fsp3) is 0.423. The molecule has 4 rings (SSSR count). The zero-order valence-electron chi connectivity index (χ0n) is 19.0. The predicted octanol–water partition coefficient (Wildman–Crippen LogP) is 4.02. The molecule has 2 N–H and O–H groups in total. The number of carboxylic acid groups (broad SMARTS) is 1. The number of nitrogens with one attached hydrogen (secondary N) is 1. The van der Waals surface area contributed by atoms with Crippen LogP contribution in [0.4, 0.5) is 4.79 Å². The first-order chi connectivity index (χ1) is 15.9. The Labute approximate surface area is 193 Å². The lowest BCUT2D eigenvalue weighted by atomic mass is 9.98. The van der Waals surface area contributed by atoms with Crippen LogP contribution in [-0.2, 0) is 14.3 Å². The van der Waals surface area contributed by atoms with E-state index in [0.717, 1.165) is 22.3 Å². The highest BCUT2D eigenvalue weighted by molar-refractivity contribution is 5.85. The standard InChI is InChI=1S/C26H30N2O5/c1-16(2)22(14-24(29)28-13-7-12-23(28)25(30)31)27-26(32)33-15-21-19-10-5-3-8-17(19)18-9-4-6-11-20(18)21/h3-6,8-11,16,21-23H,7,12-15H2,1-2H3,(H,27,32)(H,30,31)/t22-,23-/m0/s1. The van der Waals surface area contributed by atoms with Crippen molar-refractivity contribution >= 4 is 18.0 Å². The van der Waals surface area contributed by atoms with Gasteiger partial charge in [0, 0.05) is 24.9 Å². The van der Waals surface area contributed by atoms with Gasteiger partial charge in [-0.1, -0.05) is 62.4 Å². The molecule has 2 aromatic carbocycles. The second-order valence-corrected chi connectivity index (χ2v) is 9.11. The van der Waals surface area contributed by atoms with Crippen LogP contribution in [-0.4, -0.2) is 53.2 Å². The van der Waals surface area contributed by atoms with Gasteiger partial charge in [-0.05, 0) is 41.0 Å². The van der Waals surface area contributed by atoms with Gasteiger partial charge in [-0.2, -0.15) is 0 Å². The van der Waals surface area contributed by atoms with E-state index >= 15 is 0 Å². The van der Waals surface area contributed by atoms with E-state index in [2.05, 4.69) is 29.6 Å². The molecule has 2 aromatic rings. The number of likely N-dealkylation sites (tertiary alicyclic amines) is 1. The number of benzene rings is 2. The van der Waals surface area contributed by atoms with Crippen LogP contribution in [0.15, 0.2) is 48.5 Å². The average Bonchev–Trinajstić information content (AvgIpc) is 3.41. The quantitative estimate of drug-likeness (QED) is 0.664. The zero-order valence-corrected chi connectivity index (χ0v) is 19.0. The second kappa shape index (κ2) is 9.65. The van der Waals surface area contributed by atoms with Crippen LogP contribution >= 0.6 is 0 Å². The molecule has 2 aliphatic rings. The lowest BCUT2D eigenvalue weighted by Crippen LogP contribution is -2.46. The van der Waals surface area contributed by atoms with E-state index < -0.39 is 24.1 Å². The Morgan fingerprint density at radius 2 is 1.67 bits per heavy atom. The molecule has 7 heteroatoms. The van der Waals surface area contributed by atoms with Crippen LogP contribution in [0.1, 0.15) is 50.2 Å². The first-order valence-corrected chi connectivity index (χ1v) is 11.5. The Morgan fingerprint density at radius 1 is 1.06 bits per heavy atom. The minimum Gasteiger partial charge on any atom is -0.480 e. The second-order valence-electron chi connectivity index (χ2n) is 9.11. The Bertz CT molecular complexity index is 1000. The molecule has 0 aromatic heterocycles. The van der Waals surface area contributed by atoms with Crippen LogP contribution in [0.2, 0.25) is 0 Å². The summed E-state index contributed by atoms with van der Waals surface area (Å²) in [6, 6.07) is 15.0. The molecular weight excluding hydrogens is 420 g/mol. The van der Waals surface area contributed by atoms with Gasteiger partial charge in [0.2, 0.25) is 5.91 Å². The van der Waals surface area contributed by atoms with Gasteiger partial charge in [0.15, 0.2) is 0 Å². The van der Waals surface area contributed by atoms with Crippen molar-refractivity contribution in [2.75, 3.05) is 13.2 Å². The number of alkyl carbamates (subject to hydrolysis) is 1. The van der Waals surface area contributed by atoms with E-state index in [0.29, 0.717) is 19.4 Å². The fourth-order valence-electron chi connectivity index (χ4n) is 4.87. The van der Waals surface area contributed by atoms with Crippen molar-refractivity contribution < 1.29 is 24.2 Å². The van der Waals surface area contributed by atoms with E-state index in [1.165, 1.54) is 4.90 Å². The number of ether oxygens (including phenoxy) is 1. The number of hydrogen-bond acceptors (Lipinski definition) is 4. The van der Waals surface area contributed by atoms with Crippen molar-refractivity contribution in [3.63, 3.8) is 0 Å². The maximum atomic E-state index is 12.8. The normalized spacial score (nSPS) is 18.0. The monoisotopic (exact) mass is 450 g/mol. The third-order valence-electron chi connectivity index (χ3n) is 6.70. The number of amides is 2. The molecule has 1 heterocycles. The molecule has 174 valence electrons. The van der Waals surface area contributed by atoms with Crippen molar-refractivity contribution in [3.8, 4) is 11.1 Å². The molecule has 0 unspecified atom stereocenters. The molecular formula is C26H30N2O5. The van der Waals surface area contributed by atoms with Gasteiger partial charge in [0.25, 0.3) is 0 Å². The zero-order chi connectivity index (χ0) is 23.5. The third-order valence-corrected chi connectivity index (χ3v) is 6.70. The van der Waals surface area contributed by atoms with Gasteiger partial charge in [-0.15, -0.1) is 0 Å². The number of fused-ring (bicyclic) bond motifs is 3. The van der Waals surface area contributed by atoms with Crippen LogP contribution in [0, 0.1) is 5.92 Å². The predicted molar refractivity (Wildman–Crippen MR) is 124 cm³/mol. The van der Waals surface area contributed by atoms with Crippen LogP contribution in [0.25, 0.3) is 11.1 Å². The number of carboxylic acids is 1. The molecule has 0 saturated carbocycles. The summed E-state index contributed by atoms with van der Waals surface area (Å²) in [6.45, 7) is 4.47. The summed E-state index contributed by atoms with van der Waals surface area (Å²) < 4.78 is 5.62. The van der Waals surface area contributed by atoms with E-state index in [1.54, 1.807) is 0 Å². The number of nitrogens with zero attached hydrogens (tertiary/aromatic N) is 1. The molecule has 7 nitrogen and oxygen atoms in total. The minimum atomic E-state index is -0.980. The smallest absolute Gasteiger partial charge is 0.407 e. The lowest BCUT2D eigenvalue weighted by Gasteiger charge is -2.27. The van der Waals surface area contributed by atoms with E-state index in [4.69, 9.17) is 4.74 Å². The van der Waals surface area contributed by atoms with Crippen molar-refractivity contribution in [2.24, 2.45) is 5.92 Å². The summed E-state index contributed by atoms with van der Waals surface area (Å²) in [5.74, 6) is -1.28. The number of rotatable bonds is 7. The molecule has 1 aliphatic carbocycles. The Morgan fingerprint density at radius 3 is 2.24 bits per heavy atom. The van der Waals surface area contributed by atoms with Gasteiger partial charge in [0.05, 0.1) is 0 Å². The van der Waals surface area contributed by atoms with Gasteiger partial charge in [0.1, 0.15) is 12.6 Å². The summed E-state index contributed by atoms with van der Waals surface area (Å²) in [5, 5.41) is 12.2. The SMILES string of the molecule is CC(C)[C@H](CC(=O)N1CCC[C@H]1C(=O)O)NC(=O)OCC1c2ccccc2-c2ccccc21. The van der Waals surface area contributed by atoms with Crippen molar-refractivity contribution in [3.05, 3.63) is 59.7 Å². The maximum absolute atomic E-state index is 12.8. The molecule has 0 radical (unpaired) electrons. The summed E-state index contributed by atoms with van der Waals surface area (Å²) >= 11 is 0. The molecule has 2 atom stereocenters. The lowest BCUT2D eigenvalue weighted by molar-refractivity contribution is -0.148. The summed E-state index contributed by atoms with van der Waals surface area (Å²) in [6.07, 6.45) is 0.618. The topological polar surface area (TPSA) is 95.9 Å².